The van der Waals surface area contributed by atoms with Crippen molar-refractivity contribution in [2.45, 2.75) is 24.0 Å². The quantitative estimate of drug-likeness (QED) is 0.175. The lowest BCUT2D eigenvalue weighted by atomic mass is 10.1. The van der Waals surface area contributed by atoms with Gasteiger partial charge in [-0.05, 0) is 55.0 Å². The highest BCUT2D eigenvalue weighted by molar-refractivity contribution is 7.98. The van der Waals surface area contributed by atoms with Crippen LogP contribution in [-0.2, 0) is 19.0 Å². The lowest BCUT2D eigenvalue weighted by Crippen LogP contribution is -2.19. The molecule has 0 fully saturated rings. The first kappa shape index (κ1) is 23.5. The summed E-state index contributed by atoms with van der Waals surface area (Å²) in [6.07, 6.45) is -4.41. The summed E-state index contributed by atoms with van der Waals surface area (Å²) in [5.74, 6) is 0.942. The number of thioether (sulfide) groups is 1. The Balaban J connectivity index is 1.72. The lowest BCUT2D eigenvalue weighted by Gasteiger charge is -2.11. The largest absolute Gasteiger partial charge is 0.494 e. The van der Waals surface area contributed by atoms with Gasteiger partial charge in [-0.2, -0.15) is 13.2 Å². The molecule has 0 amide bonds. The molecule has 0 unspecified atom stereocenters. The van der Waals surface area contributed by atoms with Crippen LogP contribution in [0.4, 0.5) is 13.2 Å². The molecule has 0 radical (unpaired) electrons. The second-order valence-corrected chi connectivity index (χ2v) is 9.62. The Hall–Kier alpha value is -2.63. The van der Waals surface area contributed by atoms with E-state index in [0.29, 0.717) is 37.4 Å². The number of nitrogens with zero attached hydrogens (tertiary/aromatic N) is 3. The first-order chi connectivity index (χ1) is 15.7. The fourth-order valence-electron chi connectivity index (χ4n) is 3.21. The standard InChI is InChI=1S/C22H18F3N3O2S3/c1-3-30-16-9-7-15(8-10-16)28-18-17(33-21(28)31)19(29)27(2)20(26-18)32-12-13-5-4-6-14(11-13)22(23,24)25/h4-11H,3,12H2,1-2H3. The maximum atomic E-state index is 13.0. The van der Waals surface area contributed by atoms with Gasteiger partial charge in [-0.25, -0.2) is 4.98 Å². The Bertz CT molecular complexity index is 1420. The van der Waals surface area contributed by atoms with Gasteiger partial charge in [-0.15, -0.1) is 0 Å². The summed E-state index contributed by atoms with van der Waals surface area (Å²) in [4.78, 5) is 17.6. The molecular weight excluding hydrogens is 491 g/mol. The van der Waals surface area contributed by atoms with Crippen LogP contribution in [0.25, 0.3) is 16.0 Å². The van der Waals surface area contributed by atoms with Crippen molar-refractivity contribution in [3.05, 3.63) is 74.0 Å². The average Bonchev–Trinajstić information content (AvgIpc) is 3.11. The van der Waals surface area contributed by atoms with E-state index >= 15 is 0 Å². The van der Waals surface area contributed by atoms with Crippen LogP contribution in [0.3, 0.4) is 0 Å². The number of rotatable bonds is 6. The summed E-state index contributed by atoms with van der Waals surface area (Å²) < 4.78 is 48.5. The number of thiazole rings is 1. The van der Waals surface area contributed by atoms with Crippen LogP contribution in [-0.4, -0.2) is 20.7 Å². The van der Waals surface area contributed by atoms with Crippen LogP contribution in [0.5, 0.6) is 5.75 Å². The number of benzene rings is 2. The number of aromatic nitrogens is 3. The summed E-state index contributed by atoms with van der Waals surface area (Å²) in [7, 11) is 1.59. The van der Waals surface area contributed by atoms with Gasteiger partial charge in [0.1, 0.15) is 10.4 Å². The van der Waals surface area contributed by atoms with Gasteiger partial charge in [0, 0.05) is 18.5 Å². The normalized spacial score (nSPS) is 11.8. The lowest BCUT2D eigenvalue weighted by molar-refractivity contribution is -0.137. The van der Waals surface area contributed by atoms with Crippen LogP contribution >= 0.6 is 35.3 Å². The predicted molar refractivity (Wildman–Crippen MR) is 127 cm³/mol. The summed E-state index contributed by atoms with van der Waals surface area (Å²) >= 11 is 7.87. The average molecular weight is 510 g/mol. The van der Waals surface area contributed by atoms with E-state index in [9.17, 15) is 18.0 Å². The van der Waals surface area contributed by atoms with E-state index in [-0.39, 0.29) is 11.3 Å². The number of ether oxygens (including phenoxy) is 1. The van der Waals surface area contributed by atoms with Gasteiger partial charge in [-0.3, -0.25) is 13.9 Å². The van der Waals surface area contributed by atoms with Crippen LogP contribution in [0, 0.1) is 3.95 Å². The van der Waals surface area contributed by atoms with E-state index in [1.165, 1.54) is 33.7 Å². The molecule has 2 aromatic carbocycles. The molecule has 0 spiro atoms. The second-order valence-electron chi connectivity index (χ2n) is 7.03. The summed E-state index contributed by atoms with van der Waals surface area (Å²) in [6.45, 7) is 2.44. The zero-order chi connectivity index (χ0) is 23.8. The SMILES string of the molecule is CCOc1ccc(-n2c(=S)sc3c(=O)n(C)c(SCc4cccc(C(F)(F)F)c4)nc32)cc1. The molecule has 4 rings (SSSR count). The molecule has 0 bridgehead atoms. The maximum Gasteiger partial charge on any atom is 0.416 e. The van der Waals surface area contributed by atoms with Crippen LogP contribution in [0.2, 0.25) is 0 Å². The molecule has 0 atom stereocenters. The molecule has 5 nitrogen and oxygen atoms in total. The summed E-state index contributed by atoms with van der Waals surface area (Å²) in [6, 6.07) is 12.4. The van der Waals surface area contributed by atoms with Crippen molar-refractivity contribution < 1.29 is 17.9 Å². The van der Waals surface area contributed by atoms with Crippen molar-refractivity contribution in [3.8, 4) is 11.4 Å². The molecule has 11 heteroatoms. The highest BCUT2D eigenvalue weighted by atomic mass is 32.2. The van der Waals surface area contributed by atoms with Crippen molar-refractivity contribution in [2.75, 3.05) is 6.61 Å². The Morgan fingerprint density at radius 1 is 1.18 bits per heavy atom. The summed E-state index contributed by atoms with van der Waals surface area (Å²) in [5, 5.41) is 0.386. The molecule has 0 saturated carbocycles. The molecule has 33 heavy (non-hydrogen) atoms. The van der Waals surface area contributed by atoms with Crippen molar-refractivity contribution in [1.29, 1.82) is 0 Å². The zero-order valence-electron chi connectivity index (χ0n) is 17.5. The first-order valence-corrected chi connectivity index (χ1v) is 12.0. The van der Waals surface area contributed by atoms with Crippen molar-refractivity contribution in [2.24, 2.45) is 7.05 Å². The monoisotopic (exact) mass is 509 g/mol. The number of hydrogen-bond donors (Lipinski definition) is 0. The van der Waals surface area contributed by atoms with E-state index in [1.54, 1.807) is 17.7 Å². The van der Waals surface area contributed by atoms with Gasteiger partial charge in [-0.1, -0.05) is 41.3 Å². The minimum absolute atomic E-state index is 0.226. The molecular formula is C22H18F3N3O2S3. The highest BCUT2D eigenvalue weighted by Gasteiger charge is 2.30. The minimum atomic E-state index is -4.41. The van der Waals surface area contributed by atoms with E-state index < -0.39 is 11.7 Å². The molecule has 0 aliphatic heterocycles. The van der Waals surface area contributed by atoms with E-state index in [1.807, 2.05) is 31.2 Å². The van der Waals surface area contributed by atoms with Gasteiger partial charge in [0.25, 0.3) is 5.56 Å². The molecule has 0 N–H and O–H groups in total. The fraction of sp³-hybridized carbons (Fsp3) is 0.227. The number of halogens is 3. The number of alkyl halides is 3. The van der Waals surface area contributed by atoms with Gasteiger partial charge >= 0.3 is 6.18 Å². The van der Waals surface area contributed by atoms with Crippen LogP contribution in [0.15, 0.2) is 58.5 Å². The van der Waals surface area contributed by atoms with E-state index in [4.69, 9.17) is 17.0 Å². The van der Waals surface area contributed by atoms with Crippen molar-refractivity contribution in [3.63, 3.8) is 0 Å². The van der Waals surface area contributed by atoms with Gasteiger partial charge in [0.05, 0.1) is 12.2 Å². The maximum absolute atomic E-state index is 13.0. The smallest absolute Gasteiger partial charge is 0.416 e. The second kappa shape index (κ2) is 9.32. The molecule has 0 aliphatic carbocycles. The third kappa shape index (κ3) is 4.85. The Morgan fingerprint density at radius 3 is 2.58 bits per heavy atom. The zero-order valence-corrected chi connectivity index (χ0v) is 20.0. The molecule has 4 aromatic rings. The number of fused-ring (bicyclic) bond motifs is 1. The summed E-state index contributed by atoms with van der Waals surface area (Å²) in [5.41, 5.74) is 0.679. The minimum Gasteiger partial charge on any atom is -0.494 e. The topological polar surface area (TPSA) is 49.0 Å². The van der Waals surface area contributed by atoms with Crippen molar-refractivity contribution >= 4 is 45.7 Å². The molecule has 0 saturated heterocycles. The van der Waals surface area contributed by atoms with E-state index in [0.717, 1.165) is 17.8 Å². The fourth-order valence-corrected chi connectivity index (χ4v) is 5.47. The number of hydrogen-bond acceptors (Lipinski definition) is 6. The molecule has 0 aliphatic rings. The molecule has 172 valence electrons. The van der Waals surface area contributed by atoms with Gasteiger partial charge in [0.2, 0.25) is 0 Å². The van der Waals surface area contributed by atoms with E-state index in [2.05, 4.69) is 4.98 Å². The van der Waals surface area contributed by atoms with Crippen LogP contribution < -0.4 is 10.3 Å². The first-order valence-electron chi connectivity index (χ1n) is 9.83. The third-order valence-electron chi connectivity index (χ3n) is 4.80. The highest BCUT2D eigenvalue weighted by Crippen LogP contribution is 2.32. The Labute approximate surface area is 200 Å². The van der Waals surface area contributed by atoms with Crippen molar-refractivity contribution in [1.82, 2.24) is 14.1 Å². The molecule has 2 heterocycles. The Kier molecular flexibility index (Phi) is 6.64. The van der Waals surface area contributed by atoms with Gasteiger partial charge < -0.3 is 4.74 Å². The third-order valence-corrected chi connectivity index (χ3v) is 7.25. The predicted octanol–water partition coefficient (Wildman–Crippen LogP) is 6.22. The van der Waals surface area contributed by atoms with Crippen LogP contribution in [0.1, 0.15) is 18.1 Å². The Morgan fingerprint density at radius 2 is 1.91 bits per heavy atom. The molecule has 2 aromatic heterocycles. The van der Waals surface area contributed by atoms with Gasteiger partial charge in [0.15, 0.2) is 14.8 Å².